The molecule has 0 spiro atoms. The third-order valence-electron chi connectivity index (χ3n) is 6.72. The summed E-state index contributed by atoms with van der Waals surface area (Å²) in [4.78, 5) is 0. The molecule has 3 nitrogen and oxygen atoms in total. The van der Waals surface area contributed by atoms with Gasteiger partial charge in [0.1, 0.15) is 0 Å². The van der Waals surface area contributed by atoms with Gasteiger partial charge in [0, 0.05) is 12.4 Å². The molecule has 0 N–H and O–H groups in total. The predicted molar refractivity (Wildman–Crippen MR) is 128 cm³/mol. The Balaban J connectivity index is 1.61. The highest BCUT2D eigenvalue weighted by atomic mass is 31.2. The standard InChI is InChI=1S/C26H31N2OP/c1-19(2)23-13-12-20(3)18-26(23)29-30(27-16-14-21-8-4-6-10-24(21)27)28-17-15-22-9-5-7-11-25(22)28/h4-11,14-17,19-20,23,26H,12-13,18H2,1-3H3. The van der Waals surface area contributed by atoms with Gasteiger partial charge in [-0.2, -0.15) is 0 Å². The van der Waals surface area contributed by atoms with Gasteiger partial charge in [0.05, 0.1) is 17.1 Å². The molecule has 5 rings (SSSR count). The predicted octanol–water partition coefficient (Wildman–Crippen LogP) is 7.70. The lowest BCUT2D eigenvalue weighted by molar-refractivity contribution is 0.0533. The number of aromatic nitrogens is 2. The van der Waals surface area contributed by atoms with E-state index in [4.69, 9.17) is 4.52 Å². The number of para-hydroxylation sites is 2. The summed E-state index contributed by atoms with van der Waals surface area (Å²) >= 11 is 0. The minimum Gasteiger partial charge on any atom is -0.318 e. The van der Waals surface area contributed by atoms with Crippen molar-refractivity contribution < 1.29 is 4.52 Å². The van der Waals surface area contributed by atoms with Gasteiger partial charge < -0.3 is 4.52 Å². The molecule has 1 fully saturated rings. The number of benzene rings is 2. The summed E-state index contributed by atoms with van der Waals surface area (Å²) in [5.74, 6) is 1.99. The zero-order valence-corrected chi connectivity index (χ0v) is 19.0. The van der Waals surface area contributed by atoms with Crippen LogP contribution in [-0.2, 0) is 4.52 Å². The number of hydrogen-bond acceptors (Lipinski definition) is 1. The first-order valence-electron chi connectivity index (χ1n) is 11.2. The van der Waals surface area contributed by atoms with Gasteiger partial charge in [-0.1, -0.05) is 63.6 Å². The second-order valence-electron chi connectivity index (χ2n) is 9.16. The Kier molecular flexibility index (Phi) is 5.43. The highest BCUT2D eigenvalue weighted by molar-refractivity contribution is 7.49. The summed E-state index contributed by atoms with van der Waals surface area (Å²) in [5, 5.41) is 2.53. The van der Waals surface area contributed by atoms with Crippen LogP contribution in [0.4, 0.5) is 0 Å². The van der Waals surface area contributed by atoms with E-state index >= 15 is 0 Å². The summed E-state index contributed by atoms with van der Waals surface area (Å²) in [6.07, 6.45) is 8.46. The summed E-state index contributed by atoms with van der Waals surface area (Å²) in [6, 6.07) is 21.7. The molecule has 0 amide bonds. The minimum atomic E-state index is -1.04. The SMILES string of the molecule is CC1CCC(C(C)C)C(OP(n2ccc3ccccc32)n2ccc3ccccc32)C1. The van der Waals surface area contributed by atoms with E-state index in [-0.39, 0.29) is 0 Å². The van der Waals surface area contributed by atoms with E-state index in [1.807, 2.05) is 0 Å². The molecule has 1 aliphatic carbocycles. The van der Waals surface area contributed by atoms with Crippen LogP contribution in [-0.4, -0.2) is 14.8 Å². The molecule has 1 saturated carbocycles. The summed E-state index contributed by atoms with van der Waals surface area (Å²) in [7, 11) is -1.04. The van der Waals surface area contributed by atoms with Gasteiger partial charge in [-0.3, -0.25) is 8.68 Å². The molecule has 2 aromatic heterocycles. The number of hydrogen-bond donors (Lipinski definition) is 0. The van der Waals surface area contributed by atoms with Gasteiger partial charge >= 0.3 is 0 Å². The maximum absolute atomic E-state index is 7.13. The Morgan fingerprint density at radius 1 is 0.833 bits per heavy atom. The van der Waals surface area contributed by atoms with Crippen LogP contribution in [0.5, 0.6) is 0 Å². The molecule has 30 heavy (non-hydrogen) atoms. The van der Waals surface area contributed by atoms with E-state index in [0.717, 1.165) is 12.3 Å². The lowest BCUT2D eigenvalue weighted by Gasteiger charge is -2.39. The third-order valence-corrected chi connectivity index (χ3v) is 8.61. The Morgan fingerprint density at radius 2 is 1.40 bits per heavy atom. The van der Waals surface area contributed by atoms with E-state index in [0.29, 0.717) is 17.9 Å². The van der Waals surface area contributed by atoms with E-state index < -0.39 is 8.45 Å². The van der Waals surface area contributed by atoms with E-state index in [9.17, 15) is 0 Å². The van der Waals surface area contributed by atoms with E-state index in [1.54, 1.807) is 0 Å². The Hall–Kier alpha value is -2.09. The molecule has 3 atom stereocenters. The van der Waals surface area contributed by atoms with Crippen LogP contribution in [0.2, 0.25) is 0 Å². The molecule has 156 valence electrons. The fourth-order valence-electron chi connectivity index (χ4n) is 5.00. The van der Waals surface area contributed by atoms with Crippen molar-refractivity contribution in [1.29, 1.82) is 0 Å². The smallest absolute Gasteiger partial charge is 0.257 e. The Bertz CT molecular complexity index is 1070. The summed E-state index contributed by atoms with van der Waals surface area (Å²) in [6.45, 7) is 7.09. The van der Waals surface area contributed by atoms with Crippen LogP contribution < -0.4 is 0 Å². The molecule has 0 saturated heterocycles. The topological polar surface area (TPSA) is 19.1 Å². The highest BCUT2D eigenvalue weighted by Crippen LogP contribution is 2.50. The third kappa shape index (κ3) is 3.59. The molecule has 4 heteroatoms. The zero-order valence-electron chi connectivity index (χ0n) is 18.1. The van der Waals surface area contributed by atoms with Crippen molar-refractivity contribution >= 4 is 30.3 Å². The number of rotatable bonds is 5. The lowest BCUT2D eigenvalue weighted by Crippen LogP contribution is -2.34. The molecule has 4 aromatic rings. The van der Waals surface area contributed by atoms with Crippen LogP contribution >= 0.6 is 8.45 Å². The number of fused-ring (bicyclic) bond motifs is 2. The van der Waals surface area contributed by atoms with Crippen LogP contribution in [0.25, 0.3) is 21.8 Å². The normalized spacial score (nSPS) is 22.5. The van der Waals surface area contributed by atoms with Crippen molar-refractivity contribution in [2.45, 2.75) is 46.1 Å². The monoisotopic (exact) mass is 418 g/mol. The van der Waals surface area contributed by atoms with Crippen molar-refractivity contribution in [3.8, 4) is 0 Å². The van der Waals surface area contributed by atoms with Crippen LogP contribution in [0.15, 0.2) is 73.1 Å². The van der Waals surface area contributed by atoms with Crippen molar-refractivity contribution in [3.05, 3.63) is 73.1 Å². The maximum atomic E-state index is 7.13. The number of nitrogens with zero attached hydrogens (tertiary/aromatic N) is 2. The molecule has 1 aliphatic rings. The van der Waals surface area contributed by atoms with Gasteiger partial charge in [0.25, 0.3) is 8.45 Å². The molecule has 2 aromatic carbocycles. The van der Waals surface area contributed by atoms with Gasteiger partial charge in [-0.05, 0) is 65.6 Å². The van der Waals surface area contributed by atoms with Crippen molar-refractivity contribution in [1.82, 2.24) is 8.68 Å². The molecule has 2 heterocycles. The van der Waals surface area contributed by atoms with Gasteiger partial charge in [0.15, 0.2) is 0 Å². The average molecular weight is 419 g/mol. The molecular formula is C26H31N2OP. The van der Waals surface area contributed by atoms with Gasteiger partial charge in [-0.25, -0.2) is 0 Å². The average Bonchev–Trinajstić information content (AvgIpc) is 3.36. The quantitative estimate of drug-likeness (QED) is 0.304. The zero-order chi connectivity index (χ0) is 20.7. The van der Waals surface area contributed by atoms with Gasteiger partial charge in [0.2, 0.25) is 0 Å². The lowest BCUT2D eigenvalue weighted by atomic mass is 9.75. The van der Waals surface area contributed by atoms with Crippen molar-refractivity contribution in [3.63, 3.8) is 0 Å². The molecule has 3 unspecified atom stereocenters. The van der Waals surface area contributed by atoms with Gasteiger partial charge in [-0.15, -0.1) is 0 Å². The minimum absolute atomic E-state index is 0.294. The van der Waals surface area contributed by atoms with Crippen molar-refractivity contribution in [2.24, 2.45) is 17.8 Å². The second-order valence-corrected chi connectivity index (χ2v) is 10.7. The van der Waals surface area contributed by atoms with Crippen LogP contribution in [0.1, 0.15) is 40.0 Å². The molecular weight excluding hydrogens is 387 g/mol. The largest absolute Gasteiger partial charge is 0.318 e. The second kappa shape index (κ2) is 8.21. The van der Waals surface area contributed by atoms with E-state index in [2.05, 4.69) is 103 Å². The van der Waals surface area contributed by atoms with E-state index in [1.165, 1.54) is 34.6 Å². The Morgan fingerprint density at radius 3 is 1.97 bits per heavy atom. The molecule has 0 aliphatic heterocycles. The summed E-state index contributed by atoms with van der Waals surface area (Å²) in [5.41, 5.74) is 2.48. The maximum Gasteiger partial charge on any atom is 0.257 e. The highest BCUT2D eigenvalue weighted by Gasteiger charge is 2.35. The van der Waals surface area contributed by atoms with Crippen molar-refractivity contribution in [2.75, 3.05) is 0 Å². The van der Waals surface area contributed by atoms with Crippen LogP contribution in [0.3, 0.4) is 0 Å². The molecule has 0 bridgehead atoms. The Labute approximate surface area is 180 Å². The first kappa shape index (κ1) is 19.8. The summed E-state index contributed by atoms with van der Waals surface area (Å²) < 4.78 is 11.9. The fraction of sp³-hybridized carbons (Fsp3) is 0.385. The first-order valence-corrected chi connectivity index (χ1v) is 12.4. The first-order chi connectivity index (χ1) is 14.6. The fourth-order valence-corrected chi connectivity index (χ4v) is 6.99. The molecule has 0 radical (unpaired) electrons. The van der Waals surface area contributed by atoms with Crippen LogP contribution in [0, 0.1) is 17.8 Å².